The number of hydrogen-bond acceptors (Lipinski definition) is 4. The fourth-order valence-corrected chi connectivity index (χ4v) is 2.45. The van der Waals surface area contributed by atoms with Crippen molar-refractivity contribution >= 4 is 35.5 Å². The van der Waals surface area contributed by atoms with Gasteiger partial charge in [0.2, 0.25) is 0 Å². The van der Waals surface area contributed by atoms with Gasteiger partial charge < -0.3 is 4.42 Å². The van der Waals surface area contributed by atoms with E-state index in [0.29, 0.717) is 16.5 Å². The van der Waals surface area contributed by atoms with Crippen LogP contribution in [0.5, 0.6) is 0 Å². The van der Waals surface area contributed by atoms with Gasteiger partial charge in [0.15, 0.2) is 0 Å². The van der Waals surface area contributed by atoms with Crippen LogP contribution in [0.3, 0.4) is 0 Å². The number of hydrogen-bond donors (Lipinski definition) is 1. The van der Waals surface area contributed by atoms with Crippen molar-refractivity contribution in [3.63, 3.8) is 0 Å². The van der Waals surface area contributed by atoms with Gasteiger partial charge >= 0.3 is 6.03 Å². The third-order valence-electron chi connectivity index (χ3n) is 3.54. The molecule has 0 bridgehead atoms. The van der Waals surface area contributed by atoms with E-state index in [4.69, 9.17) is 16.0 Å². The standard InChI is InChI=1S/C17H13ClN2O4/c1-2-20-16(22)13(15(21)19-17(20)23)9-12-7-8-14(24-12)10-3-5-11(18)6-4-10/h3-9H,2H2,1H3,(H,19,21,23)/b13-9-. The van der Waals surface area contributed by atoms with Crippen molar-refractivity contribution in [3.05, 3.63) is 52.8 Å². The van der Waals surface area contributed by atoms with Crippen molar-refractivity contribution in [2.45, 2.75) is 6.92 Å². The first-order valence-corrected chi connectivity index (χ1v) is 7.62. The minimum Gasteiger partial charge on any atom is -0.457 e. The molecule has 0 aliphatic carbocycles. The van der Waals surface area contributed by atoms with Crippen LogP contribution >= 0.6 is 11.6 Å². The first-order valence-electron chi connectivity index (χ1n) is 7.24. The Balaban J connectivity index is 1.91. The van der Waals surface area contributed by atoms with E-state index in [1.165, 1.54) is 6.08 Å². The number of carbonyl (C=O) groups excluding carboxylic acids is 3. The first-order chi connectivity index (χ1) is 11.5. The monoisotopic (exact) mass is 344 g/mol. The molecule has 0 saturated carbocycles. The smallest absolute Gasteiger partial charge is 0.331 e. The van der Waals surface area contributed by atoms with Crippen molar-refractivity contribution < 1.29 is 18.8 Å². The summed E-state index contributed by atoms with van der Waals surface area (Å²) in [6.07, 6.45) is 1.33. The summed E-state index contributed by atoms with van der Waals surface area (Å²) in [7, 11) is 0. The van der Waals surface area contributed by atoms with Crippen molar-refractivity contribution in [3.8, 4) is 11.3 Å². The van der Waals surface area contributed by atoms with Crippen LogP contribution in [0, 0.1) is 0 Å². The van der Waals surface area contributed by atoms with Crippen LogP contribution in [0.15, 0.2) is 46.4 Å². The predicted octanol–water partition coefficient (Wildman–Crippen LogP) is 3.08. The molecular weight excluding hydrogens is 332 g/mol. The Hall–Kier alpha value is -2.86. The lowest BCUT2D eigenvalue weighted by molar-refractivity contribution is -0.129. The third kappa shape index (κ3) is 2.96. The van der Waals surface area contributed by atoms with Crippen LogP contribution in [0.25, 0.3) is 17.4 Å². The maximum atomic E-state index is 12.2. The minimum absolute atomic E-state index is 0.145. The van der Waals surface area contributed by atoms with Crippen LogP contribution in [-0.2, 0) is 9.59 Å². The average Bonchev–Trinajstić information content (AvgIpc) is 3.01. The van der Waals surface area contributed by atoms with Gasteiger partial charge in [0, 0.05) is 17.1 Å². The van der Waals surface area contributed by atoms with E-state index in [1.807, 2.05) is 0 Å². The SMILES string of the molecule is CCN1C(=O)NC(=O)/C(=C/c2ccc(-c3ccc(Cl)cc3)o2)C1=O. The number of carbonyl (C=O) groups is 3. The van der Waals surface area contributed by atoms with Crippen LogP contribution in [0.1, 0.15) is 12.7 Å². The summed E-state index contributed by atoms with van der Waals surface area (Å²) >= 11 is 5.85. The molecule has 3 rings (SSSR count). The van der Waals surface area contributed by atoms with Crippen molar-refractivity contribution in [2.24, 2.45) is 0 Å². The van der Waals surface area contributed by atoms with E-state index in [0.717, 1.165) is 10.5 Å². The first kappa shape index (κ1) is 16.0. The van der Waals surface area contributed by atoms with Crippen LogP contribution < -0.4 is 5.32 Å². The Morgan fingerprint density at radius 1 is 1.12 bits per heavy atom. The second-order valence-corrected chi connectivity index (χ2v) is 5.51. The van der Waals surface area contributed by atoms with E-state index in [9.17, 15) is 14.4 Å². The largest absolute Gasteiger partial charge is 0.457 e. The predicted molar refractivity (Wildman–Crippen MR) is 88.1 cm³/mol. The second-order valence-electron chi connectivity index (χ2n) is 5.08. The molecule has 1 aromatic heterocycles. The van der Waals surface area contributed by atoms with E-state index < -0.39 is 17.8 Å². The molecule has 0 radical (unpaired) electrons. The fraction of sp³-hybridized carbons (Fsp3) is 0.118. The molecule has 0 unspecified atom stereocenters. The number of imide groups is 2. The highest BCUT2D eigenvalue weighted by Gasteiger charge is 2.34. The molecule has 0 spiro atoms. The molecule has 2 heterocycles. The maximum Gasteiger partial charge on any atom is 0.331 e. The summed E-state index contributed by atoms with van der Waals surface area (Å²) in [5.41, 5.74) is 0.669. The number of furan rings is 1. The molecule has 2 aromatic rings. The van der Waals surface area contributed by atoms with E-state index in [-0.39, 0.29) is 12.1 Å². The molecule has 1 aliphatic rings. The number of barbiturate groups is 1. The molecule has 122 valence electrons. The number of urea groups is 1. The minimum atomic E-state index is -0.737. The number of likely N-dealkylation sites (N-methyl/N-ethyl adjacent to an activating group) is 1. The zero-order valence-electron chi connectivity index (χ0n) is 12.7. The summed E-state index contributed by atoms with van der Waals surface area (Å²) in [5, 5.41) is 2.74. The number of amides is 4. The fourth-order valence-electron chi connectivity index (χ4n) is 2.32. The van der Waals surface area contributed by atoms with Gasteiger partial charge in [0.25, 0.3) is 11.8 Å². The normalized spacial score (nSPS) is 16.7. The lowest BCUT2D eigenvalue weighted by Crippen LogP contribution is -2.53. The summed E-state index contributed by atoms with van der Waals surface area (Å²) in [4.78, 5) is 36.6. The average molecular weight is 345 g/mol. The maximum absolute atomic E-state index is 12.2. The summed E-state index contributed by atoms with van der Waals surface area (Å²) in [6.45, 7) is 1.82. The quantitative estimate of drug-likeness (QED) is 0.685. The molecule has 24 heavy (non-hydrogen) atoms. The van der Waals surface area contributed by atoms with Crippen LogP contribution in [0.4, 0.5) is 4.79 Å². The number of halogens is 1. The summed E-state index contributed by atoms with van der Waals surface area (Å²) in [6, 6.07) is 9.72. The van der Waals surface area contributed by atoms with Gasteiger partial charge in [-0.05, 0) is 49.4 Å². The van der Waals surface area contributed by atoms with Crippen molar-refractivity contribution in [1.29, 1.82) is 0 Å². The number of rotatable bonds is 3. The van der Waals surface area contributed by atoms with Gasteiger partial charge in [-0.2, -0.15) is 0 Å². The molecule has 6 nitrogen and oxygen atoms in total. The Labute approximate surface area is 142 Å². The third-order valence-corrected chi connectivity index (χ3v) is 3.80. The molecule has 1 fully saturated rings. The van der Waals surface area contributed by atoms with Gasteiger partial charge in [-0.15, -0.1) is 0 Å². The highest BCUT2D eigenvalue weighted by Crippen LogP contribution is 2.25. The van der Waals surface area contributed by atoms with Crippen molar-refractivity contribution in [1.82, 2.24) is 10.2 Å². The zero-order valence-corrected chi connectivity index (χ0v) is 13.5. The van der Waals surface area contributed by atoms with Crippen LogP contribution in [0.2, 0.25) is 5.02 Å². The summed E-state index contributed by atoms with van der Waals surface area (Å²) < 4.78 is 5.65. The van der Waals surface area contributed by atoms with Gasteiger partial charge in [-0.25, -0.2) is 4.79 Å². The lowest BCUT2D eigenvalue weighted by Gasteiger charge is -2.24. The molecule has 7 heteroatoms. The van der Waals surface area contributed by atoms with Gasteiger partial charge in [-0.3, -0.25) is 19.8 Å². The Bertz CT molecular complexity index is 852. The molecule has 1 saturated heterocycles. The van der Waals surface area contributed by atoms with E-state index >= 15 is 0 Å². The molecule has 4 amide bonds. The van der Waals surface area contributed by atoms with Crippen molar-refractivity contribution in [2.75, 3.05) is 6.54 Å². The highest BCUT2D eigenvalue weighted by atomic mass is 35.5. The molecule has 1 aromatic carbocycles. The van der Waals surface area contributed by atoms with E-state index in [2.05, 4.69) is 5.32 Å². The van der Waals surface area contributed by atoms with E-state index in [1.54, 1.807) is 43.3 Å². The number of benzene rings is 1. The zero-order chi connectivity index (χ0) is 17.3. The second kappa shape index (κ2) is 6.33. The Morgan fingerprint density at radius 2 is 1.83 bits per heavy atom. The van der Waals surface area contributed by atoms with Gasteiger partial charge in [-0.1, -0.05) is 11.6 Å². The molecule has 0 atom stereocenters. The number of nitrogens with zero attached hydrogens (tertiary/aromatic N) is 1. The lowest BCUT2D eigenvalue weighted by atomic mass is 10.1. The highest BCUT2D eigenvalue weighted by molar-refractivity contribution is 6.31. The Morgan fingerprint density at radius 3 is 2.50 bits per heavy atom. The Kier molecular flexibility index (Phi) is 4.22. The van der Waals surface area contributed by atoms with Crippen LogP contribution in [-0.4, -0.2) is 29.3 Å². The number of nitrogens with one attached hydrogen (secondary N) is 1. The molecular formula is C17H13ClN2O4. The summed E-state index contributed by atoms with van der Waals surface area (Å²) in [5.74, 6) is -0.468. The van der Waals surface area contributed by atoms with Gasteiger partial charge in [0.1, 0.15) is 17.1 Å². The van der Waals surface area contributed by atoms with Gasteiger partial charge in [0.05, 0.1) is 0 Å². The molecule has 1 aliphatic heterocycles. The molecule has 1 N–H and O–H groups in total. The topological polar surface area (TPSA) is 79.6 Å².